The number of methoxy groups -OCH3 is 3. The predicted molar refractivity (Wildman–Crippen MR) is 85.1 cm³/mol. The summed E-state index contributed by atoms with van der Waals surface area (Å²) in [5, 5.41) is 0. The summed E-state index contributed by atoms with van der Waals surface area (Å²) in [4.78, 5) is 11.2. The molecule has 0 aromatic heterocycles. The third-order valence-electron chi connectivity index (χ3n) is 3.18. The van der Waals surface area contributed by atoms with Crippen molar-refractivity contribution < 1.29 is 19.0 Å². The van der Waals surface area contributed by atoms with Crippen molar-refractivity contribution in [3.8, 4) is 11.5 Å². The molecule has 0 saturated carbocycles. The monoisotopic (exact) mass is 313 g/mol. The Labute approximate surface area is 130 Å². The second kappa shape index (κ2) is 8.79. The van der Waals surface area contributed by atoms with Crippen molar-refractivity contribution in [2.45, 2.75) is 25.1 Å². The van der Waals surface area contributed by atoms with Gasteiger partial charge < -0.3 is 19.9 Å². The van der Waals surface area contributed by atoms with Gasteiger partial charge in [-0.25, -0.2) is 0 Å². The number of ether oxygens (including phenoxy) is 3. The fourth-order valence-electron chi connectivity index (χ4n) is 1.84. The first-order valence-corrected chi connectivity index (χ1v) is 7.81. The van der Waals surface area contributed by atoms with Crippen molar-refractivity contribution in [2.75, 3.05) is 27.1 Å². The fraction of sp³-hybridized carbons (Fsp3) is 0.533. The molecule has 21 heavy (non-hydrogen) atoms. The van der Waals surface area contributed by atoms with Crippen molar-refractivity contribution in [1.82, 2.24) is 0 Å². The highest BCUT2D eigenvalue weighted by Gasteiger charge is 2.13. The number of hydrogen-bond donors (Lipinski definition) is 1. The number of hydrogen-bond acceptors (Lipinski definition) is 6. The zero-order chi connectivity index (χ0) is 15.8. The summed E-state index contributed by atoms with van der Waals surface area (Å²) < 4.78 is 15.2. The lowest BCUT2D eigenvalue weighted by molar-refractivity contribution is -0.142. The smallest absolute Gasteiger partial charge is 0.322 e. The summed E-state index contributed by atoms with van der Waals surface area (Å²) in [6.07, 6.45) is 0.601. The second-order valence-electron chi connectivity index (χ2n) is 4.60. The average Bonchev–Trinajstić information content (AvgIpc) is 2.51. The molecule has 118 valence electrons. The molecule has 1 atom stereocenters. The molecule has 0 saturated heterocycles. The van der Waals surface area contributed by atoms with Crippen LogP contribution in [0.25, 0.3) is 0 Å². The molecule has 0 aliphatic rings. The van der Waals surface area contributed by atoms with Gasteiger partial charge in [-0.15, -0.1) is 0 Å². The first-order chi connectivity index (χ1) is 10.0. The van der Waals surface area contributed by atoms with E-state index in [2.05, 4.69) is 4.74 Å². The summed E-state index contributed by atoms with van der Waals surface area (Å²) in [6.45, 7) is 2.04. The number of carbonyl (C=O) groups excluding carboxylic acids is 1. The Balaban J connectivity index is 2.54. The average molecular weight is 313 g/mol. The molecule has 5 nitrogen and oxygen atoms in total. The van der Waals surface area contributed by atoms with Gasteiger partial charge in [0.25, 0.3) is 0 Å². The van der Waals surface area contributed by atoms with Gasteiger partial charge in [0.1, 0.15) is 6.04 Å². The van der Waals surface area contributed by atoms with Crippen molar-refractivity contribution in [1.29, 1.82) is 0 Å². The fourth-order valence-corrected chi connectivity index (χ4v) is 2.94. The molecule has 1 unspecified atom stereocenters. The normalized spacial score (nSPS) is 11.9. The molecule has 1 aromatic rings. The zero-order valence-corrected chi connectivity index (χ0v) is 13.8. The van der Waals surface area contributed by atoms with Crippen LogP contribution in [0.3, 0.4) is 0 Å². The minimum Gasteiger partial charge on any atom is -0.493 e. The molecule has 0 spiro atoms. The van der Waals surface area contributed by atoms with E-state index in [0.717, 1.165) is 28.6 Å². The molecular weight excluding hydrogens is 290 g/mol. The maximum atomic E-state index is 11.2. The van der Waals surface area contributed by atoms with Crippen molar-refractivity contribution >= 4 is 17.7 Å². The van der Waals surface area contributed by atoms with Crippen LogP contribution in [0.2, 0.25) is 0 Å². The Morgan fingerprint density at radius 3 is 2.43 bits per heavy atom. The Morgan fingerprint density at radius 2 is 1.86 bits per heavy atom. The highest BCUT2D eigenvalue weighted by atomic mass is 32.2. The van der Waals surface area contributed by atoms with E-state index in [9.17, 15) is 4.79 Å². The molecular formula is C15H23NO4S. The van der Waals surface area contributed by atoms with Crippen LogP contribution in [0.1, 0.15) is 17.5 Å². The van der Waals surface area contributed by atoms with Gasteiger partial charge in [-0.05, 0) is 42.4 Å². The van der Waals surface area contributed by atoms with E-state index in [1.54, 1.807) is 26.0 Å². The molecule has 1 aromatic carbocycles. The van der Waals surface area contributed by atoms with Gasteiger partial charge in [0.2, 0.25) is 0 Å². The Kier molecular flexibility index (Phi) is 7.39. The van der Waals surface area contributed by atoms with Crippen molar-refractivity contribution in [2.24, 2.45) is 5.73 Å². The summed E-state index contributed by atoms with van der Waals surface area (Å²) in [7, 11) is 4.60. The number of carbonyl (C=O) groups is 1. The first-order valence-electron chi connectivity index (χ1n) is 6.66. The molecule has 0 aliphatic heterocycles. The molecule has 0 heterocycles. The van der Waals surface area contributed by atoms with Crippen LogP contribution < -0.4 is 15.2 Å². The standard InChI is InChI=1S/C15H23NO4S/c1-10-7-13(18-2)14(19-3)8-11(10)9-21-6-5-12(16)15(17)20-4/h7-8,12H,5-6,9,16H2,1-4H3. The third kappa shape index (κ3) is 5.13. The van der Waals surface area contributed by atoms with Crippen LogP contribution in [-0.4, -0.2) is 39.1 Å². The van der Waals surface area contributed by atoms with Gasteiger partial charge in [0, 0.05) is 5.75 Å². The molecule has 0 radical (unpaired) electrons. The molecule has 2 N–H and O–H groups in total. The topological polar surface area (TPSA) is 70.8 Å². The molecule has 0 bridgehead atoms. The number of aryl methyl sites for hydroxylation is 1. The summed E-state index contributed by atoms with van der Waals surface area (Å²) in [6, 6.07) is 3.41. The van der Waals surface area contributed by atoms with Crippen LogP contribution in [-0.2, 0) is 15.3 Å². The Morgan fingerprint density at radius 1 is 1.24 bits per heavy atom. The maximum Gasteiger partial charge on any atom is 0.322 e. The van der Waals surface area contributed by atoms with E-state index in [1.165, 1.54) is 12.7 Å². The van der Waals surface area contributed by atoms with E-state index < -0.39 is 6.04 Å². The zero-order valence-electron chi connectivity index (χ0n) is 13.0. The van der Waals surface area contributed by atoms with Crippen LogP contribution in [0.5, 0.6) is 11.5 Å². The van der Waals surface area contributed by atoms with E-state index >= 15 is 0 Å². The van der Waals surface area contributed by atoms with Gasteiger partial charge >= 0.3 is 5.97 Å². The van der Waals surface area contributed by atoms with E-state index in [-0.39, 0.29) is 5.97 Å². The summed E-state index contributed by atoms with van der Waals surface area (Å²) in [5.41, 5.74) is 8.03. The van der Waals surface area contributed by atoms with Crippen LogP contribution in [0.4, 0.5) is 0 Å². The Bertz CT molecular complexity index is 479. The largest absolute Gasteiger partial charge is 0.493 e. The quantitative estimate of drug-likeness (QED) is 0.585. The highest BCUT2D eigenvalue weighted by molar-refractivity contribution is 7.98. The second-order valence-corrected chi connectivity index (χ2v) is 5.71. The maximum absolute atomic E-state index is 11.2. The summed E-state index contributed by atoms with van der Waals surface area (Å²) in [5.74, 6) is 2.73. The van der Waals surface area contributed by atoms with Gasteiger partial charge in [0.05, 0.1) is 21.3 Å². The SMILES string of the molecule is COC(=O)C(N)CCSCc1cc(OC)c(OC)cc1C. The van der Waals surface area contributed by atoms with Crippen molar-refractivity contribution in [3.63, 3.8) is 0 Å². The number of rotatable bonds is 8. The van der Waals surface area contributed by atoms with Gasteiger partial charge in [0.15, 0.2) is 11.5 Å². The number of nitrogens with two attached hydrogens (primary N) is 1. The molecule has 6 heteroatoms. The lowest BCUT2D eigenvalue weighted by Crippen LogP contribution is -2.31. The Hall–Kier alpha value is -1.40. The third-order valence-corrected chi connectivity index (χ3v) is 4.22. The molecule has 0 aliphatic carbocycles. The van der Waals surface area contributed by atoms with Crippen molar-refractivity contribution in [3.05, 3.63) is 23.3 Å². The minimum atomic E-state index is -0.547. The molecule has 0 amide bonds. The van der Waals surface area contributed by atoms with Gasteiger partial charge in [-0.1, -0.05) is 0 Å². The number of benzene rings is 1. The van der Waals surface area contributed by atoms with Crippen LogP contribution in [0, 0.1) is 6.92 Å². The molecule has 0 fully saturated rings. The van der Waals surface area contributed by atoms with Gasteiger partial charge in [-0.3, -0.25) is 4.79 Å². The first kappa shape index (κ1) is 17.7. The van der Waals surface area contributed by atoms with Gasteiger partial charge in [-0.2, -0.15) is 11.8 Å². The van der Waals surface area contributed by atoms with E-state index in [1.807, 2.05) is 19.1 Å². The van der Waals surface area contributed by atoms with E-state index in [0.29, 0.717) is 6.42 Å². The lowest BCUT2D eigenvalue weighted by atomic mass is 10.1. The number of thioether (sulfide) groups is 1. The number of esters is 1. The predicted octanol–water partition coefficient (Wildman–Crippen LogP) is 2.14. The van der Waals surface area contributed by atoms with E-state index in [4.69, 9.17) is 15.2 Å². The lowest BCUT2D eigenvalue weighted by Gasteiger charge is -2.13. The molecule has 1 rings (SSSR count). The summed E-state index contributed by atoms with van der Waals surface area (Å²) >= 11 is 1.73. The van der Waals surface area contributed by atoms with Crippen LogP contribution in [0.15, 0.2) is 12.1 Å². The minimum absolute atomic E-state index is 0.363. The van der Waals surface area contributed by atoms with Crippen LogP contribution >= 0.6 is 11.8 Å². The highest BCUT2D eigenvalue weighted by Crippen LogP contribution is 2.31.